The van der Waals surface area contributed by atoms with E-state index in [1.165, 1.54) is 12.1 Å². The van der Waals surface area contributed by atoms with E-state index < -0.39 is 9.05 Å². The zero-order chi connectivity index (χ0) is 11.9. The summed E-state index contributed by atoms with van der Waals surface area (Å²) in [5.41, 5.74) is 0.632. The van der Waals surface area contributed by atoms with Crippen molar-refractivity contribution >= 4 is 30.6 Å². The quantitative estimate of drug-likeness (QED) is 0.778. The van der Waals surface area contributed by atoms with E-state index in [0.29, 0.717) is 16.7 Å². The normalized spacial score (nSPS) is 12.5. The van der Waals surface area contributed by atoms with Gasteiger partial charge >= 0.3 is 0 Å². The van der Waals surface area contributed by atoms with Gasteiger partial charge in [-0.05, 0) is 18.2 Å². The first-order valence-corrected chi connectivity index (χ1v) is 7.04. The Labute approximate surface area is 97.6 Å². The van der Waals surface area contributed by atoms with Crippen LogP contribution >= 0.6 is 10.7 Å². The van der Waals surface area contributed by atoms with Crippen LogP contribution < -0.4 is 0 Å². The summed E-state index contributed by atoms with van der Waals surface area (Å²) in [7, 11) is 1.57. The van der Waals surface area contributed by atoms with E-state index in [0.717, 1.165) is 0 Å². The molecule has 0 saturated heterocycles. The molecule has 0 bridgehead atoms. The van der Waals surface area contributed by atoms with E-state index >= 15 is 0 Å². The van der Waals surface area contributed by atoms with Gasteiger partial charge in [-0.15, -0.1) is 0 Å². The molecule has 1 heterocycles. The third-order valence-corrected chi connectivity index (χ3v) is 3.63. The van der Waals surface area contributed by atoms with Crippen molar-refractivity contribution in [2.45, 2.75) is 24.7 Å². The molecule has 0 radical (unpaired) electrons. The van der Waals surface area contributed by atoms with Gasteiger partial charge in [-0.25, -0.2) is 8.42 Å². The molecule has 0 spiro atoms. The average molecular weight is 260 g/mol. The highest BCUT2D eigenvalue weighted by atomic mass is 35.7. The second-order valence-electron chi connectivity index (χ2n) is 3.82. The van der Waals surface area contributed by atoms with Gasteiger partial charge in [-0.1, -0.05) is 19.0 Å². The maximum absolute atomic E-state index is 11.2. The van der Waals surface area contributed by atoms with Crippen molar-refractivity contribution in [3.63, 3.8) is 0 Å². The second-order valence-corrected chi connectivity index (χ2v) is 6.38. The Bertz CT molecular complexity index is 631. The van der Waals surface area contributed by atoms with Crippen molar-refractivity contribution in [3.8, 4) is 0 Å². The van der Waals surface area contributed by atoms with Crippen LogP contribution in [0.1, 0.15) is 25.5 Å². The van der Waals surface area contributed by atoms with E-state index in [1.54, 1.807) is 6.07 Å². The lowest BCUT2D eigenvalue weighted by atomic mass is 10.1. The van der Waals surface area contributed by atoms with Crippen molar-refractivity contribution in [2.75, 3.05) is 0 Å². The molecule has 0 N–H and O–H groups in total. The van der Waals surface area contributed by atoms with Gasteiger partial charge in [0.25, 0.3) is 9.05 Å². The van der Waals surface area contributed by atoms with Crippen molar-refractivity contribution in [1.82, 2.24) is 5.16 Å². The first-order valence-electron chi connectivity index (χ1n) is 4.73. The Morgan fingerprint density at radius 1 is 1.38 bits per heavy atom. The minimum absolute atomic E-state index is 0.0618. The number of nitrogens with zero attached hydrogens (tertiary/aromatic N) is 1. The van der Waals surface area contributed by atoms with Crippen molar-refractivity contribution in [1.29, 1.82) is 0 Å². The molecule has 0 atom stereocenters. The van der Waals surface area contributed by atoms with Gasteiger partial charge in [0.15, 0.2) is 0 Å². The highest BCUT2D eigenvalue weighted by molar-refractivity contribution is 8.13. The van der Waals surface area contributed by atoms with Gasteiger partial charge < -0.3 is 4.52 Å². The van der Waals surface area contributed by atoms with Gasteiger partial charge in [0.05, 0.1) is 4.90 Å². The minimum Gasteiger partial charge on any atom is -0.360 e. The largest absolute Gasteiger partial charge is 0.360 e. The van der Waals surface area contributed by atoms with Gasteiger partial charge in [-0.3, -0.25) is 0 Å². The smallest absolute Gasteiger partial charge is 0.261 e. The molecule has 0 fully saturated rings. The molecule has 86 valence electrons. The first-order chi connectivity index (χ1) is 7.39. The lowest BCUT2D eigenvalue weighted by Gasteiger charge is -1.99. The van der Waals surface area contributed by atoms with Gasteiger partial charge in [-0.2, -0.15) is 0 Å². The first kappa shape index (κ1) is 11.4. The Kier molecular flexibility index (Phi) is 2.67. The topological polar surface area (TPSA) is 60.2 Å². The third-order valence-electron chi connectivity index (χ3n) is 2.28. The molecule has 0 unspecified atom stereocenters. The van der Waals surface area contributed by atoms with Crippen LogP contribution in [0, 0.1) is 0 Å². The van der Waals surface area contributed by atoms with Crippen LogP contribution in [0.2, 0.25) is 0 Å². The fourth-order valence-corrected chi connectivity index (χ4v) is 2.28. The van der Waals surface area contributed by atoms with Crippen molar-refractivity contribution in [3.05, 3.63) is 24.0 Å². The zero-order valence-corrected chi connectivity index (χ0v) is 10.3. The number of aromatic nitrogens is 1. The van der Waals surface area contributed by atoms with Crippen molar-refractivity contribution < 1.29 is 12.9 Å². The maximum atomic E-state index is 11.2. The van der Waals surface area contributed by atoms with Crippen LogP contribution in [0.5, 0.6) is 0 Å². The molecular weight excluding hydrogens is 250 g/mol. The summed E-state index contributed by atoms with van der Waals surface area (Å²) in [5, 5.41) is 4.54. The van der Waals surface area contributed by atoms with Crippen molar-refractivity contribution in [2.24, 2.45) is 0 Å². The SMILES string of the molecule is CC(C)c1onc2ccc(S(=O)(=O)Cl)cc12. The molecule has 0 saturated carbocycles. The van der Waals surface area contributed by atoms with Crippen LogP contribution in [0.4, 0.5) is 0 Å². The third kappa shape index (κ3) is 1.92. The summed E-state index contributed by atoms with van der Waals surface area (Å²) >= 11 is 0. The van der Waals surface area contributed by atoms with Gasteiger partial charge in [0.1, 0.15) is 11.3 Å². The zero-order valence-electron chi connectivity index (χ0n) is 8.77. The summed E-state index contributed by atoms with van der Waals surface area (Å²) in [5.74, 6) is 0.801. The van der Waals surface area contributed by atoms with E-state index in [2.05, 4.69) is 5.16 Å². The van der Waals surface area contributed by atoms with Crippen LogP contribution in [0.3, 0.4) is 0 Å². The number of hydrogen-bond donors (Lipinski definition) is 0. The summed E-state index contributed by atoms with van der Waals surface area (Å²) in [4.78, 5) is 0.0618. The van der Waals surface area contributed by atoms with Crippen LogP contribution in [-0.2, 0) is 9.05 Å². The van der Waals surface area contributed by atoms with Crippen LogP contribution in [0.25, 0.3) is 10.9 Å². The molecule has 0 aliphatic carbocycles. The highest BCUT2D eigenvalue weighted by Gasteiger charge is 2.16. The number of fused-ring (bicyclic) bond motifs is 1. The molecular formula is C10H10ClNO3S. The molecule has 6 heteroatoms. The number of hydrogen-bond acceptors (Lipinski definition) is 4. The number of rotatable bonds is 2. The summed E-state index contributed by atoms with van der Waals surface area (Å²) in [6, 6.07) is 4.49. The van der Waals surface area contributed by atoms with E-state index in [4.69, 9.17) is 15.2 Å². The summed E-state index contributed by atoms with van der Waals surface area (Å²) in [6.45, 7) is 3.89. The summed E-state index contributed by atoms with van der Waals surface area (Å²) < 4.78 is 27.5. The fourth-order valence-electron chi connectivity index (χ4n) is 1.51. The van der Waals surface area contributed by atoms with E-state index in [9.17, 15) is 8.42 Å². The van der Waals surface area contributed by atoms with Crippen LogP contribution in [0.15, 0.2) is 27.6 Å². The lowest BCUT2D eigenvalue weighted by Crippen LogP contribution is -1.91. The molecule has 2 aromatic rings. The number of halogens is 1. The van der Waals surface area contributed by atoms with Gasteiger partial charge in [0.2, 0.25) is 0 Å². The fraction of sp³-hybridized carbons (Fsp3) is 0.300. The second kappa shape index (κ2) is 3.75. The average Bonchev–Trinajstić information content (AvgIpc) is 2.58. The predicted molar refractivity (Wildman–Crippen MR) is 61.1 cm³/mol. The molecule has 2 rings (SSSR count). The molecule has 4 nitrogen and oxygen atoms in total. The van der Waals surface area contributed by atoms with Gasteiger partial charge in [0, 0.05) is 22.0 Å². The number of benzene rings is 1. The molecule has 0 aliphatic rings. The maximum Gasteiger partial charge on any atom is 0.261 e. The highest BCUT2D eigenvalue weighted by Crippen LogP contribution is 2.28. The monoisotopic (exact) mass is 259 g/mol. The van der Waals surface area contributed by atoms with E-state index in [1.807, 2.05) is 13.8 Å². The van der Waals surface area contributed by atoms with Crippen LogP contribution in [-0.4, -0.2) is 13.6 Å². The standard InChI is InChI=1S/C10H10ClNO3S/c1-6(2)10-8-5-7(16(11,13)14)3-4-9(8)12-15-10/h3-6H,1-2H3. The molecule has 1 aromatic carbocycles. The summed E-state index contributed by atoms with van der Waals surface area (Å²) in [6.07, 6.45) is 0. The van der Waals surface area contributed by atoms with E-state index in [-0.39, 0.29) is 10.8 Å². The molecule has 16 heavy (non-hydrogen) atoms. The lowest BCUT2D eigenvalue weighted by molar-refractivity contribution is 0.378. The Morgan fingerprint density at radius 3 is 2.62 bits per heavy atom. The Balaban J connectivity index is 2.73. The molecule has 0 amide bonds. The molecule has 1 aromatic heterocycles. The molecule has 0 aliphatic heterocycles. The minimum atomic E-state index is -3.71. The Hall–Kier alpha value is -1.07. The Morgan fingerprint density at radius 2 is 2.06 bits per heavy atom. The predicted octanol–water partition coefficient (Wildman–Crippen LogP) is 2.88.